The number of fused-ring (bicyclic) bond motifs is 1. The van der Waals surface area contributed by atoms with Crippen molar-refractivity contribution in [1.29, 1.82) is 0 Å². The Hall–Kier alpha value is -3.88. The van der Waals surface area contributed by atoms with E-state index in [-0.39, 0.29) is 28.9 Å². The summed E-state index contributed by atoms with van der Waals surface area (Å²) in [6.07, 6.45) is 1.34. The van der Waals surface area contributed by atoms with Gasteiger partial charge in [0.15, 0.2) is 5.78 Å². The molecule has 4 aromatic rings. The molecule has 0 amide bonds. The van der Waals surface area contributed by atoms with Crippen LogP contribution in [0.15, 0.2) is 52.2 Å². The zero-order valence-electron chi connectivity index (χ0n) is 15.6. The Morgan fingerprint density at radius 1 is 1.07 bits per heavy atom. The molecule has 2 aromatic heterocycles. The Bertz CT molecular complexity index is 1370. The van der Waals surface area contributed by atoms with Crippen LogP contribution in [0.25, 0.3) is 10.9 Å². The second-order valence-electron chi connectivity index (χ2n) is 6.69. The van der Waals surface area contributed by atoms with Gasteiger partial charge in [-0.3, -0.25) is 19.1 Å². The van der Waals surface area contributed by atoms with Crippen molar-refractivity contribution in [3.8, 4) is 0 Å². The van der Waals surface area contributed by atoms with E-state index >= 15 is 0 Å². The summed E-state index contributed by atoms with van der Waals surface area (Å²) in [5.74, 6) is -0.854. The second-order valence-corrected chi connectivity index (χ2v) is 6.69. The average molecular weight is 393 g/mol. The van der Waals surface area contributed by atoms with E-state index in [1.807, 2.05) is 0 Å². The van der Waals surface area contributed by atoms with E-state index in [1.165, 1.54) is 42.2 Å². The van der Waals surface area contributed by atoms with Gasteiger partial charge < -0.3 is 5.10 Å². The topological polar surface area (TPSA) is 103 Å². The highest BCUT2D eigenvalue weighted by atomic mass is 19.1. The van der Waals surface area contributed by atoms with Crippen molar-refractivity contribution in [2.45, 2.75) is 13.5 Å². The van der Waals surface area contributed by atoms with Crippen LogP contribution in [0.1, 0.15) is 27.0 Å². The predicted molar refractivity (Wildman–Crippen MR) is 104 cm³/mol. The van der Waals surface area contributed by atoms with Crippen LogP contribution < -0.4 is 11.1 Å². The minimum Gasteiger partial charge on any atom is -0.302 e. The van der Waals surface area contributed by atoms with Crippen molar-refractivity contribution >= 4 is 16.7 Å². The summed E-state index contributed by atoms with van der Waals surface area (Å²) < 4.78 is 15.5. The predicted octanol–water partition coefficient (Wildman–Crippen LogP) is 1.55. The third kappa shape index (κ3) is 3.16. The van der Waals surface area contributed by atoms with Gasteiger partial charge in [-0.25, -0.2) is 9.07 Å². The van der Waals surface area contributed by atoms with E-state index < -0.39 is 16.9 Å². The molecule has 0 saturated carbocycles. The van der Waals surface area contributed by atoms with Crippen LogP contribution in [-0.2, 0) is 13.6 Å². The van der Waals surface area contributed by atoms with E-state index in [0.29, 0.717) is 16.6 Å². The van der Waals surface area contributed by atoms with Crippen LogP contribution in [-0.4, -0.2) is 30.6 Å². The molecular formula is C20H16FN5O3. The standard InChI is InChI=1S/C20H16FN5O3/c1-11-14(18(27)15-9-22-25(2)19(15)28)7-8-16-17(11)20(29)26(24-23-16)10-12-3-5-13(21)6-4-12/h3-9,22H,10H2,1-2H3. The maximum absolute atomic E-state index is 13.1. The number of aromatic nitrogens is 5. The summed E-state index contributed by atoms with van der Waals surface area (Å²) in [5.41, 5.74) is 0.813. The lowest BCUT2D eigenvalue weighted by Crippen LogP contribution is -2.26. The van der Waals surface area contributed by atoms with Crippen molar-refractivity contribution in [1.82, 2.24) is 24.8 Å². The summed E-state index contributed by atoms with van der Waals surface area (Å²) in [6, 6.07) is 8.78. The minimum atomic E-state index is -0.479. The molecule has 0 atom stereocenters. The Balaban J connectivity index is 1.82. The van der Waals surface area contributed by atoms with Gasteiger partial charge in [-0.2, -0.15) is 0 Å². The van der Waals surface area contributed by atoms with Crippen molar-refractivity contribution < 1.29 is 9.18 Å². The number of H-pyrrole nitrogens is 1. The van der Waals surface area contributed by atoms with Crippen LogP contribution in [0, 0.1) is 12.7 Å². The van der Waals surface area contributed by atoms with Crippen LogP contribution >= 0.6 is 0 Å². The molecule has 0 saturated heterocycles. The monoisotopic (exact) mass is 393 g/mol. The molecule has 146 valence electrons. The molecule has 9 heteroatoms. The molecular weight excluding hydrogens is 377 g/mol. The molecule has 4 rings (SSSR count). The summed E-state index contributed by atoms with van der Waals surface area (Å²) in [4.78, 5) is 38.0. The number of aryl methyl sites for hydroxylation is 2. The van der Waals surface area contributed by atoms with Gasteiger partial charge in [0.05, 0.1) is 11.9 Å². The van der Waals surface area contributed by atoms with Crippen LogP contribution in [0.5, 0.6) is 0 Å². The van der Waals surface area contributed by atoms with E-state index in [0.717, 1.165) is 4.68 Å². The lowest BCUT2D eigenvalue weighted by atomic mass is 9.98. The highest BCUT2D eigenvalue weighted by molar-refractivity contribution is 6.11. The van der Waals surface area contributed by atoms with Gasteiger partial charge in [-0.05, 0) is 42.3 Å². The van der Waals surface area contributed by atoms with Gasteiger partial charge in [0.1, 0.15) is 16.9 Å². The molecule has 8 nitrogen and oxygen atoms in total. The number of carbonyl (C=O) groups excluding carboxylic acids is 1. The lowest BCUT2D eigenvalue weighted by molar-refractivity contribution is 0.103. The van der Waals surface area contributed by atoms with Crippen molar-refractivity contribution in [2.24, 2.45) is 7.05 Å². The highest BCUT2D eigenvalue weighted by Crippen LogP contribution is 2.19. The summed E-state index contributed by atoms with van der Waals surface area (Å²) in [7, 11) is 1.51. The van der Waals surface area contributed by atoms with Crippen molar-refractivity contribution in [3.63, 3.8) is 0 Å². The molecule has 2 heterocycles. The first kappa shape index (κ1) is 18.5. The van der Waals surface area contributed by atoms with Gasteiger partial charge in [0, 0.05) is 18.8 Å². The molecule has 0 fully saturated rings. The van der Waals surface area contributed by atoms with Gasteiger partial charge in [-0.15, -0.1) is 5.10 Å². The molecule has 1 N–H and O–H groups in total. The number of hydrogen-bond acceptors (Lipinski definition) is 5. The maximum Gasteiger partial charge on any atom is 0.278 e. The number of carbonyl (C=O) groups is 1. The fourth-order valence-electron chi connectivity index (χ4n) is 3.20. The SMILES string of the molecule is Cc1c(C(=O)c2c[nH]n(C)c2=O)ccc2nnn(Cc3ccc(F)cc3)c(=O)c12. The fraction of sp³-hybridized carbons (Fsp3) is 0.150. The quantitative estimate of drug-likeness (QED) is 0.530. The maximum atomic E-state index is 13.1. The third-order valence-electron chi connectivity index (χ3n) is 4.82. The average Bonchev–Trinajstić information content (AvgIpc) is 3.04. The first-order valence-corrected chi connectivity index (χ1v) is 8.77. The number of nitrogens with zero attached hydrogens (tertiary/aromatic N) is 4. The molecule has 29 heavy (non-hydrogen) atoms. The zero-order valence-corrected chi connectivity index (χ0v) is 15.6. The molecule has 0 radical (unpaired) electrons. The number of benzene rings is 2. The summed E-state index contributed by atoms with van der Waals surface area (Å²) in [5, 5.41) is 10.9. The number of halogens is 1. The number of ketones is 1. The fourth-order valence-corrected chi connectivity index (χ4v) is 3.20. The van der Waals surface area contributed by atoms with Crippen LogP contribution in [0.4, 0.5) is 4.39 Å². The smallest absolute Gasteiger partial charge is 0.278 e. The van der Waals surface area contributed by atoms with Gasteiger partial charge in [0.2, 0.25) is 0 Å². The van der Waals surface area contributed by atoms with Crippen molar-refractivity contribution in [3.05, 3.63) is 91.4 Å². The van der Waals surface area contributed by atoms with E-state index in [9.17, 15) is 18.8 Å². The highest BCUT2D eigenvalue weighted by Gasteiger charge is 2.20. The number of aromatic amines is 1. The number of nitrogens with one attached hydrogen (secondary N) is 1. The zero-order chi connectivity index (χ0) is 20.7. The van der Waals surface area contributed by atoms with Crippen LogP contribution in [0.3, 0.4) is 0 Å². The van der Waals surface area contributed by atoms with Gasteiger partial charge in [0.25, 0.3) is 11.1 Å². The molecule has 0 aliphatic rings. The summed E-state index contributed by atoms with van der Waals surface area (Å²) in [6.45, 7) is 1.75. The number of hydrogen-bond donors (Lipinski definition) is 1. The van der Waals surface area contributed by atoms with Crippen LogP contribution in [0.2, 0.25) is 0 Å². The first-order valence-electron chi connectivity index (χ1n) is 8.77. The molecule has 0 unspecified atom stereocenters. The number of rotatable bonds is 4. The molecule has 0 aliphatic carbocycles. The summed E-state index contributed by atoms with van der Waals surface area (Å²) >= 11 is 0. The Kier molecular flexibility index (Phi) is 4.42. The first-order chi connectivity index (χ1) is 13.9. The largest absolute Gasteiger partial charge is 0.302 e. The Morgan fingerprint density at radius 2 is 1.79 bits per heavy atom. The van der Waals surface area contributed by atoms with E-state index in [4.69, 9.17) is 0 Å². The molecule has 0 spiro atoms. The van der Waals surface area contributed by atoms with E-state index in [2.05, 4.69) is 15.4 Å². The Labute approximate surface area is 163 Å². The second kappa shape index (κ2) is 6.93. The minimum absolute atomic E-state index is 0.0106. The lowest BCUT2D eigenvalue weighted by Gasteiger charge is -2.09. The van der Waals surface area contributed by atoms with Gasteiger partial charge >= 0.3 is 0 Å². The normalized spacial score (nSPS) is 11.1. The third-order valence-corrected chi connectivity index (χ3v) is 4.82. The van der Waals surface area contributed by atoms with E-state index in [1.54, 1.807) is 19.1 Å². The molecule has 0 aliphatic heterocycles. The van der Waals surface area contributed by atoms with Gasteiger partial charge in [-0.1, -0.05) is 17.3 Å². The Morgan fingerprint density at radius 3 is 2.45 bits per heavy atom. The molecule has 0 bridgehead atoms. The van der Waals surface area contributed by atoms with Crippen molar-refractivity contribution in [2.75, 3.05) is 0 Å². The molecule has 2 aromatic carbocycles.